The van der Waals surface area contributed by atoms with E-state index in [2.05, 4.69) is 88.3 Å². The van der Waals surface area contributed by atoms with Gasteiger partial charge in [0.25, 0.3) is 0 Å². The Morgan fingerprint density at radius 2 is 1.06 bits per heavy atom. The lowest BCUT2D eigenvalue weighted by molar-refractivity contribution is 0.0527. The molecule has 0 saturated carbocycles. The van der Waals surface area contributed by atoms with Gasteiger partial charge in [0.05, 0.1) is 0 Å². The van der Waals surface area contributed by atoms with Crippen molar-refractivity contribution in [3.63, 3.8) is 0 Å². The summed E-state index contributed by atoms with van der Waals surface area (Å²) in [7, 11) is 0. The molecule has 7 heteroatoms. The van der Waals surface area contributed by atoms with Gasteiger partial charge in [-0.25, -0.2) is 4.79 Å². The average molecular weight is 638 g/mol. The Morgan fingerprint density at radius 1 is 0.596 bits per heavy atom. The minimum Gasteiger partial charge on any atom is -0.489 e. The highest BCUT2D eigenvalue weighted by Crippen LogP contribution is 2.19. The predicted octanol–water partition coefficient (Wildman–Crippen LogP) is 8.13. The molecular weight excluding hydrogens is 586 g/mol. The maximum Gasteiger partial charge on any atom is 0.407 e. The lowest BCUT2D eigenvalue weighted by atomic mass is 10.1. The Bertz CT molecular complexity index is 1330. The Hall–Kier alpha value is -4.33. The number of nitrogens with one attached hydrogen (secondary N) is 2. The van der Waals surface area contributed by atoms with E-state index in [1.165, 1.54) is 11.1 Å². The molecule has 2 N–H and O–H groups in total. The second-order valence-corrected chi connectivity index (χ2v) is 12.8. The van der Waals surface area contributed by atoms with Gasteiger partial charge >= 0.3 is 6.09 Å². The summed E-state index contributed by atoms with van der Waals surface area (Å²) >= 11 is 0. The molecule has 0 heterocycles. The molecular formula is C40H51N3O4. The molecule has 0 unspecified atom stereocenters. The number of rotatable bonds is 19. The smallest absolute Gasteiger partial charge is 0.407 e. The molecule has 4 aromatic rings. The van der Waals surface area contributed by atoms with Crippen LogP contribution in [0.3, 0.4) is 0 Å². The summed E-state index contributed by atoms with van der Waals surface area (Å²) < 4.78 is 17.3. The van der Waals surface area contributed by atoms with Crippen LogP contribution < -0.4 is 20.1 Å². The van der Waals surface area contributed by atoms with Gasteiger partial charge in [0.15, 0.2) is 0 Å². The van der Waals surface area contributed by atoms with Crippen LogP contribution in [0.5, 0.6) is 11.5 Å². The minimum atomic E-state index is -0.472. The van der Waals surface area contributed by atoms with Crippen LogP contribution in [-0.2, 0) is 31.0 Å². The number of nitrogens with zero attached hydrogens (tertiary/aromatic N) is 1. The highest BCUT2D eigenvalue weighted by molar-refractivity contribution is 5.67. The normalized spacial score (nSPS) is 11.3. The van der Waals surface area contributed by atoms with Gasteiger partial charge in [-0.3, -0.25) is 4.90 Å². The van der Waals surface area contributed by atoms with Crippen molar-refractivity contribution < 1.29 is 19.0 Å². The highest BCUT2D eigenvalue weighted by Gasteiger charge is 2.15. The van der Waals surface area contributed by atoms with Gasteiger partial charge in [0.1, 0.15) is 30.3 Å². The first-order chi connectivity index (χ1) is 22.8. The predicted molar refractivity (Wildman–Crippen MR) is 190 cm³/mol. The van der Waals surface area contributed by atoms with E-state index in [1.54, 1.807) is 0 Å². The molecule has 0 saturated heterocycles. The molecule has 0 spiro atoms. The molecule has 0 aliphatic rings. The van der Waals surface area contributed by atoms with E-state index in [0.29, 0.717) is 19.8 Å². The zero-order valence-corrected chi connectivity index (χ0v) is 28.3. The van der Waals surface area contributed by atoms with Crippen molar-refractivity contribution in [1.29, 1.82) is 0 Å². The van der Waals surface area contributed by atoms with Gasteiger partial charge in [-0.05, 0) is 99.6 Å². The van der Waals surface area contributed by atoms with Crippen LogP contribution in [-0.4, -0.2) is 42.8 Å². The minimum absolute atomic E-state index is 0.353. The molecule has 0 aliphatic heterocycles. The van der Waals surface area contributed by atoms with Gasteiger partial charge in [-0.2, -0.15) is 0 Å². The standard InChI is InChI=1S/C40H51N3O4/c1-40(2,3)47-39(44)42-27-11-10-25-41-26-12-28-43(29-33-17-21-37(22-18-33)45-31-35-13-6-4-7-14-35)30-34-19-23-38(24-20-34)46-32-36-15-8-5-9-16-36/h4-9,13-24,41H,10-12,25-32H2,1-3H3,(H,42,44). The Labute approximate surface area is 281 Å². The zero-order valence-electron chi connectivity index (χ0n) is 28.3. The fraction of sp³-hybridized carbons (Fsp3) is 0.375. The third kappa shape index (κ3) is 14.8. The third-order valence-corrected chi connectivity index (χ3v) is 7.43. The summed E-state index contributed by atoms with van der Waals surface area (Å²) in [5.74, 6) is 1.75. The first kappa shape index (κ1) is 35.5. The summed E-state index contributed by atoms with van der Waals surface area (Å²) in [6.07, 6.45) is 2.59. The van der Waals surface area contributed by atoms with Crippen molar-refractivity contribution in [2.75, 3.05) is 26.2 Å². The van der Waals surface area contributed by atoms with Gasteiger partial charge in [-0.15, -0.1) is 0 Å². The van der Waals surface area contributed by atoms with E-state index in [0.717, 1.165) is 74.6 Å². The molecule has 0 atom stereocenters. The van der Waals surface area contributed by atoms with E-state index < -0.39 is 5.60 Å². The van der Waals surface area contributed by atoms with Crippen LogP contribution in [0.15, 0.2) is 109 Å². The second-order valence-electron chi connectivity index (χ2n) is 12.8. The molecule has 4 rings (SSSR count). The lowest BCUT2D eigenvalue weighted by Crippen LogP contribution is -2.33. The number of benzene rings is 4. The second kappa shape index (κ2) is 19.4. The number of ether oxygens (including phenoxy) is 3. The summed E-state index contributed by atoms with van der Waals surface area (Å²) in [4.78, 5) is 14.3. The van der Waals surface area contributed by atoms with Crippen LogP contribution in [0.2, 0.25) is 0 Å². The topological polar surface area (TPSA) is 72.1 Å². The molecule has 250 valence electrons. The van der Waals surface area contributed by atoms with Crippen molar-refractivity contribution in [2.24, 2.45) is 0 Å². The number of hydrogen-bond acceptors (Lipinski definition) is 6. The molecule has 47 heavy (non-hydrogen) atoms. The summed E-state index contributed by atoms with van der Waals surface area (Å²) in [6.45, 7) is 11.9. The van der Waals surface area contributed by atoms with Crippen LogP contribution in [0.1, 0.15) is 62.3 Å². The molecule has 0 radical (unpaired) electrons. The number of unbranched alkanes of at least 4 members (excludes halogenated alkanes) is 1. The largest absolute Gasteiger partial charge is 0.489 e. The highest BCUT2D eigenvalue weighted by atomic mass is 16.6. The molecule has 4 aromatic carbocycles. The third-order valence-electron chi connectivity index (χ3n) is 7.43. The molecule has 0 aromatic heterocycles. The molecule has 1 amide bonds. The molecule has 0 fully saturated rings. The summed E-state index contributed by atoms with van der Waals surface area (Å²) in [6, 6.07) is 37.4. The van der Waals surface area contributed by atoms with Crippen molar-refractivity contribution in [3.8, 4) is 11.5 Å². The van der Waals surface area contributed by atoms with Crippen molar-refractivity contribution in [3.05, 3.63) is 131 Å². The van der Waals surface area contributed by atoms with Crippen LogP contribution in [0, 0.1) is 0 Å². The maximum atomic E-state index is 11.8. The van der Waals surface area contributed by atoms with E-state index in [9.17, 15) is 4.79 Å². The van der Waals surface area contributed by atoms with Crippen molar-refractivity contribution in [2.45, 2.75) is 71.9 Å². The van der Waals surface area contributed by atoms with Crippen molar-refractivity contribution >= 4 is 6.09 Å². The van der Waals surface area contributed by atoms with Gasteiger partial charge in [-0.1, -0.05) is 84.9 Å². The van der Waals surface area contributed by atoms with Crippen molar-refractivity contribution in [1.82, 2.24) is 15.5 Å². The Balaban J connectivity index is 1.23. The van der Waals surface area contributed by atoms with E-state index >= 15 is 0 Å². The molecule has 0 aliphatic carbocycles. The molecule has 7 nitrogen and oxygen atoms in total. The fourth-order valence-corrected chi connectivity index (χ4v) is 5.03. The van der Waals surface area contributed by atoms with Crippen LogP contribution in [0.4, 0.5) is 4.79 Å². The number of hydrogen-bond donors (Lipinski definition) is 2. The summed E-state index contributed by atoms with van der Waals surface area (Å²) in [5.41, 5.74) is 4.35. The van der Waals surface area contributed by atoms with E-state index in [4.69, 9.17) is 14.2 Å². The Morgan fingerprint density at radius 3 is 1.55 bits per heavy atom. The van der Waals surface area contributed by atoms with Gasteiger partial charge in [0.2, 0.25) is 0 Å². The maximum absolute atomic E-state index is 11.8. The van der Waals surface area contributed by atoms with E-state index in [-0.39, 0.29) is 6.09 Å². The summed E-state index contributed by atoms with van der Waals surface area (Å²) in [5, 5.41) is 6.39. The van der Waals surface area contributed by atoms with E-state index in [1.807, 2.05) is 57.2 Å². The quantitative estimate of drug-likeness (QED) is 0.101. The first-order valence-electron chi connectivity index (χ1n) is 16.7. The molecule has 0 bridgehead atoms. The lowest BCUT2D eigenvalue weighted by Gasteiger charge is -2.23. The monoisotopic (exact) mass is 637 g/mol. The van der Waals surface area contributed by atoms with Gasteiger partial charge in [0, 0.05) is 26.2 Å². The average Bonchev–Trinajstić information content (AvgIpc) is 3.07. The van der Waals surface area contributed by atoms with Crippen LogP contribution >= 0.6 is 0 Å². The fourth-order valence-electron chi connectivity index (χ4n) is 5.03. The Kier molecular flexibility index (Phi) is 14.6. The van der Waals surface area contributed by atoms with Crippen LogP contribution in [0.25, 0.3) is 0 Å². The zero-order chi connectivity index (χ0) is 33.2. The SMILES string of the molecule is CC(C)(C)OC(=O)NCCCCNCCCN(Cc1ccc(OCc2ccccc2)cc1)Cc1ccc(OCc2ccccc2)cc1. The number of alkyl carbamates (subject to hydrolysis) is 1. The number of carbonyl (C=O) groups excluding carboxylic acids is 1. The first-order valence-corrected chi connectivity index (χ1v) is 16.7. The number of carbonyl (C=O) groups is 1. The van der Waals surface area contributed by atoms with Gasteiger partial charge < -0.3 is 24.8 Å². The number of amides is 1.